The third kappa shape index (κ3) is 2.78. The highest BCUT2D eigenvalue weighted by Crippen LogP contribution is 2.06. The van der Waals surface area contributed by atoms with Crippen LogP contribution in [0.1, 0.15) is 0 Å². The molecule has 1 aliphatic rings. The van der Waals surface area contributed by atoms with Crippen molar-refractivity contribution < 1.29 is 4.84 Å². The Balaban J connectivity index is 0.000000138. The van der Waals surface area contributed by atoms with Crippen molar-refractivity contribution in [2.75, 3.05) is 0 Å². The van der Waals surface area contributed by atoms with E-state index in [4.69, 9.17) is 0 Å². The maximum atomic E-state index is 4.44. The van der Waals surface area contributed by atoms with E-state index < -0.39 is 0 Å². The van der Waals surface area contributed by atoms with Gasteiger partial charge in [-0.3, -0.25) is 0 Å². The van der Waals surface area contributed by atoms with E-state index in [1.54, 1.807) is 18.6 Å². The second kappa shape index (κ2) is 5.45. The van der Waals surface area contributed by atoms with Gasteiger partial charge in [0.05, 0.1) is 11.7 Å². The fourth-order valence-corrected chi connectivity index (χ4v) is 1.13. The summed E-state index contributed by atoms with van der Waals surface area (Å²) in [5.41, 5.74) is 3.27. The summed E-state index contributed by atoms with van der Waals surface area (Å²) in [6.07, 6.45) is 8.16. The van der Waals surface area contributed by atoms with Crippen molar-refractivity contribution in [2.45, 2.75) is 0 Å². The first-order chi connectivity index (χ1) is 7.97. The van der Waals surface area contributed by atoms with Gasteiger partial charge in [-0.25, -0.2) is 9.97 Å². The first kappa shape index (κ1) is 10.1. The van der Waals surface area contributed by atoms with Crippen LogP contribution in [0.5, 0.6) is 0 Å². The molecular formula is C11H10N4O. The number of hydrazone groups is 1. The minimum atomic E-state index is 0.998. The van der Waals surface area contributed by atoms with Crippen LogP contribution in [-0.4, -0.2) is 16.2 Å². The molecule has 0 bridgehead atoms. The summed E-state index contributed by atoms with van der Waals surface area (Å²) in [5.74, 6) is 0. The lowest BCUT2D eigenvalue weighted by molar-refractivity contribution is 0.136. The van der Waals surface area contributed by atoms with Crippen molar-refractivity contribution in [1.82, 2.24) is 15.6 Å². The van der Waals surface area contributed by atoms with Gasteiger partial charge in [-0.15, -0.1) is 5.59 Å². The molecule has 0 atom stereocenters. The van der Waals surface area contributed by atoms with Gasteiger partial charge in [0.2, 0.25) is 0 Å². The summed E-state index contributed by atoms with van der Waals surface area (Å²) in [7, 11) is 0. The van der Waals surface area contributed by atoms with E-state index >= 15 is 0 Å². The van der Waals surface area contributed by atoms with Gasteiger partial charge in [0.25, 0.3) is 0 Å². The second-order valence-electron chi connectivity index (χ2n) is 2.90. The minimum absolute atomic E-state index is 0.998. The lowest BCUT2D eigenvalue weighted by atomic mass is 10.2. The van der Waals surface area contributed by atoms with Crippen molar-refractivity contribution in [3.63, 3.8) is 0 Å². The molecule has 0 unspecified atom stereocenters. The third-order valence-electron chi connectivity index (χ3n) is 1.83. The van der Waals surface area contributed by atoms with E-state index in [2.05, 4.69) is 25.5 Å². The molecule has 2 aromatic rings. The number of fused-ring (bicyclic) bond motifs is 1. The molecule has 16 heavy (non-hydrogen) atoms. The summed E-state index contributed by atoms with van der Waals surface area (Å²) < 4.78 is 0. The van der Waals surface area contributed by atoms with Gasteiger partial charge in [-0.05, 0) is 12.1 Å². The maximum absolute atomic E-state index is 4.44. The lowest BCUT2D eigenvalue weighted by Gasteiger charge is -1.96. The minimum Gasteiger partial charge on any atom is -0.373 e. The molecule has 0 saturated carbocycles. The van der Waals surface area contributed by atoms with Crippen molar-refractivity contribution in [3.8, 4) is 0 Å². The van der Waals surface area contributed by atoms with E-state index in [0.717, 1.165) is 10.9 Å². The van der Waals surface area contributed by atoms with Crippen molar-refractivity contribution in [3.05, 3.63) is 49.1 Å². The van der Waals surface area contributed by atoms with Crippen molar-refractivity contribution in [1.29, 1.82) is 0 Å². The molecule has 3 rings (SSSR count). The monoisotopic (exact) mass is 214 g/mol. The summed E-state index contributed by atoms with van der Waals surface area (Å²) >= 11 is 0. The quantitative estimate of drug-likeness (QED) is 0.724. The number of hydrogen-bond acceptors (Lipinski definition) is 5. The lowest BCUT2D eigenvalue weighted by Crippen LogP contribution is -2.03. The maximum Gasteiger partial charge on any atom is 0.122 e. The number of aromatic nitrogens is 2. The van der Waals surface area contributed by atoms with E-state index in [-0.39, 0.29) is 0 Å². The Morgan fingerprint density at radius 3 is 2.75 bits per heavy atom. The van der Waals surface area contributed by atoms with Gasteiger partial charge in [-0.2, -0.15) is 5.10 Å². The smallest absolute Gasteiger partial charge is 0.122 e. The molecule has 0 radical (unpaired) electrons. The number of nitrogens with one attached hydrogen (secondary N) is 1. The van der Waals surface area contributed by atoms with Crippen LogP contribution in [0.25, 0.3) is 10.9 Å². The number of benzene rings is 1. The largest absolute Gasteiger partial charge is 0.373 e. The first-order valence-corrected chi connectivity index (χ1v) is 4.70. The topological polar surface area (TPSA) is 59.4 Å². The number of nitrogens with zero attached hydrogens (tertiary/aromatic N) is 3. The summed E-state index contributed by atoms with van der Waals surface area (Å²) in [6.45, 7) is 0. The van der Waals surface area contributed by atoms with Crippen LogP contribution in [0.4, 0.5) is 0 Å². The first-order valence-electron chi connectivity index (χ1n) is 4.70. The van der Waals surface area contributed by atoms with Crippen LogP contribution < -0.4 is 5.59 Å². The van der Waals surface area contributed by atoms with Gasteiger partial charge in [0.1, 0.15) is 12.6 Å². The fourth-order valence-electron chi connectivity index (χ4n) is 1.13. The standard InChI is InChI=1S/C8H6N2.C3H4N2O/c1-2-4-8-7(3-1)5-9-6-10-8;1-2-4-5-6-3-1/h1-6H;1-3,5H. The molecule has 1 aliphatic heterocycles. The Morgan fingerprint density at radius 1 is 1.19 bits per heavy atom. The molecule has 0 spiro atoms. The molecule has 5 heteroatoms. The third-order valence-corrected chi connectivity index (χ3v) is 1.83. The van der Waals surface area contributed by atoms with Gasteiger partial charge in [0, 0.05) is 11.6 Å². The van der Waals surface area contributed by atoms with Gasteiger partial charge < -0.3 is 4.84 Å². The molecule has 1 aromatic heterocycles. The van der Waals surface area contributed by atoms with E-state index in [1.165, 1.54) is 6.26 Å². The Labute approximate surface area is 92.4 Å². The molecule has 0 saturated heterocycles. The SMILES string of the molecule is C1=CONN=C1.c1ccc2ncncc2c1. The zero-order valence-electron chi connectivity index (χ0n) is 8.45. The average molecular weight is 214 g/mol. The highest BCUT2D eigenvalue weighted by molar-refractivity contribution is 5.76. The molecule has 0 fully saturated rings. The molecule has 1 aromatic carbocycles. The van der Waals surface area contributed by atoms with Crippen LogP contribution in [0, 0.1) is 0 Å². The summed E-state index contributed by atoms with van der Waals surface area (Å²) in [4.78, 5) is 12.4. The van der Waals surface area contributed by atoms with Crippen molar-refractivity contribution >= 4 is 17.1 Å². The molecule has 5 nitrogen and oxygen atoms in total. The van der Waals surface area contributed by atoms with Gasteiger partial charge in [0.15, 0.2) is 0 Å². The highest BCUT2D eigenvalue weighted by atomic mass is 16.7. The van der Waals surface area contributed by atoms with Crippen LogP contribution in [0.2, 0.25) is 0 Å². The number of allylic oxidation sites excluding steroid dienone is 1. The van der Waals surface area contributed by atoms with Gasteiger partial charge in [-0.1, -0.05) is 18.2 Å². The predicted molar refractivity (Wildman–Crippen MR) is 61.4 cm³/mol. The molecule has 0 amide bonds. The molecule has 80 valence electrons. The van der Waals surface area contributed by atoms with Crippen LogP contribution in [-0.2, 0) is 4.84 Å². The molecule has 0 aliphatic carbocycles. The zero-order valence-corrected chi connectivity index (χ0v) is 8.45. The van der Waals surface area contributed by atoms with Crippen molar-refractivity contribution in [2.24, 2.45) is 5.10 Å². The summed E-state index contributed by atoms with van der Waals surface area (Å²) in [5, 5.41) is 4.58. The molecular weight excluding hydrogens is 204 g/mol. The van der Waals surface area contributed by atoms with Crippen LogP contribution >= 0.6 is 0 Å². The predicted octanol–water partition coefficient (Wildman–Crippen LogP) is 1.65. The zero-order chi connectivity index (χ0) is 11.1. The Kier molecular flexibility index (Phi) is 3.44. The fraction of sp³-hybridized carbons (Fsp3) is 0. The summed E-state index contributed by atoms with van der Waals surface area (Å²) in [6, 6.07) is 7.91. The van der Waals surface area contributed by atoms with Gasteiger partial charge >= 0.3 is 0 Å². The normalized spacial score (nSPS) is 12.2. The Morgan fingerprint density at radius 2 is 2.12 bits per heavy atom. The Hall–Kier alpha value is -2.43. The van der Waals surface area contributed by atoms with E-state index in [1.807, 2.05) is 30.5 Å². The van der Waals surface area contributed by atoms with E-state index in [9.17, 15) is 0 Å². The number of hydrogen-bond donors (Lipinski definition) is 1. The highest BCUT2D eigenvalue weighted by Gasteiger charge is 1.87. The van der Waals surface area contributed by atoms with Crippen LogP contribution in [0.15, 0.2) is 54.2 Å². The molecule has 2 heterocycles. The molecule has 1 N–H and O–H groups in total. The average Bonchev–Trinajstić information content (AvgIpc) is 2.42. The number of para-hydroxylation sites is 1. The Bertz CT molecular complexity index is 433. The van der Waals surface area contributed by atoms with Crippen LogP contribution in [0.3, 0.4) is 0 Å². The number of rotatable bonds is 0. The second-order valence-corrected chi connectivity index (χ2v) is 2.90. The van der Waals surface area contributed by atoms with E-state index in [0.29, 0.717) is 0 Å².